The lowest BCUT2D eigenvalue weighted by molar-refractivity contribution is -0.0500. The zero-order chi connectivity index (χ0) is 54.8. The fraction of sp³-hybridized carbons (Fsp3) is 0.388. The Morgan fingerprint density at radius 3 is 1.49 bits per heavy atom. The monoisotopic (exact) mass is 1170 g/mol. The number of nitrogens with zero attached hydrogens (tertiary/aromatic N) is 8. The van der Waals surface area contributed by atoms with Crippen molar-refractivity contribution < 1.29 is 36.0 Å². The largest absolute Gasteiger partial charge is 0.534 e. The van der Waals surface area contributed by atoms with Gasteiger partial charge in [-0.25, -0.2) is 20.2 Å². The number of hydrogen-bond acceptors (Lipinski definition) is 18. The van der Waals surface area contributed by atoms with E-state index in [9.17, 15) is 31.8 Å². The third-order valence-corrected chi connectivity index (χ3v) is 16.9. The number of hydrogen-bond donors (Lipinski definition) is 7. The first-order chi connectivity index (χ1) is 36.1. The molecule has 3 aromatic carbocycles. The third kappa shape index (κ3) is 11.6. The molecule has 0 unspecified atom stereocenters. The number of aromatic hydroxyl groups is 2. The lowest BCUT2D eigenvalue weighted by Gasteiger charge is -2.25. The van der Waals surface area contributed by atoms with E-state index in [2.05, 4.69) is 67.4 Å². The van der Waals surface area contributed by atoms with Crippen LogP contribution >= 0.6 is 58.2 Å². The third-order valence-electron chi connectivity index (χ3n) is 14.7. The first-order valence-electron chi connectivity index (χ1n) is 23.9. The number of aromatic nitrogens is 6. The highest BCUT2D eigenvalue weighted by Gasteiger charge is 2.50. The van der Waals surface area contributed by atoms with Gasteiger partial charge in [0, 0.05) is 65.5 Å². The van der Waals surface area contributed by atoms with Gasteiger partial charge < -0.3 is 46.7 Å². The number of nitrogens with one attached hydrogen (secondary N) is 1. The van der Waals surface area contributed by atoms with E-state index in [1.54, 1.807) is 23.1 Å². The van der Waals surface area contributed by atoms with E-state index < -0.39 is 21.4 Å². The maximum atomic E-state index is 12.7. The van der Waals surface area contributed by atoms with Gasteiger partial charge in [0.25, 0.3) is 0 Å². The average Bonchev–Trinajstić information content (AvgIpc) is 4.33. The van der Waals surface area contributed by atoms with Crippen molar-refractivity contribution in [2.24, 2.45) is 5.25 Å². The molecule has 6 heterocycles. The van der Waals surface area contributed by atoms with Crippen LogP contribution in [0, 0.1) is 0 Å². The van der Waals surface area contributed by atoms with Gasteiger partial charge in [0.1, 0.15) is 27.3 Å². The number of halogens is 8. The zero-order valence-electron chi connectivity index (χ0n) is 40.5. The number of phenolic OH excluding ortho intramolecular Hbond substituents is 2. The number of alkyl halides is 3. The summed E-state index contributed by atoms with van der Waals surface area (Å²) in [4.78, 5) is 27.2. The molecule has 3 aliphatic carbocycles. The number of nitrogens with two attached hydrogens (primary N) is 4. The molecule has 3 spiro atoms. The molecule has 76 heavy (non-hydrogen) atoms. The Bertz CT molecular complexity index is 3210. The topological polar surface area (TPSA) is 284 Å². The molecule has 0 radical (unpaired) electrons. The second kappa shape index (κ2) is 22.7. The van der Waals surface area contributed by atoms with Crippen LogP contribution in [0.15, 0.2) is 73.2 Å². The minimum absolute atomic E-state index is 0.00891. The van der Waals surface area contributed by atoms with Gasteiger partial charge in [0.05, 0.1) is 29.3 Å². The Hall–Kier alpha value is -5.75. The van der Waals surface area contributed by atoms with Crippen LogP contribution in [-0.2, 0) is 26.4 Å². The Balaban J connectivity index is 0.000000143. The highest BCUT2D eigenvalue weighted by molar-refractivity contribution is 7.88. The molecule has 3 saturated carbocycles. The van der Waals surface area contributed by atoms with Crippen molar-refractivity contribution in [1.29, 1.82) is 0 Å². The highest BCUT2D eigenvalue weighted by Crippen LogP contribution is 2.56. The normalized spacial score (nSPS) is 17.8. The van der Waals surface area contributed by atoms with Crippen molar-refractivity contribution in [3.63, 3.8) is 0 Å². The van der Waals surface area contributed by atoms with E-state index >= 15 is 0 Å². The highest BCUT2D eigenvalue weighted by atomic mass is 35.5. The van der Waals surface area contributed by atoms with Gasteiger partial charge in [-0.05, 0) is 85.2 Å². The lowest BCUT2D eigenvalue weighted by Crippen LogP contribution is -2.29. The molecular formula is C49H53Cl5F3N13O5S. The van der Waals surface area contributed by atoms with Gasteiger partial charge in [-0.15, -0.1) is 0 Å². The number of phenols is 2. The summed E-state index contributed by atoms with van der Waals surface area (Å²) in [7, 11) is -5.78. The molecule has 0 amide bonds. The lowest BCUT2D eigenvalue weighted by atomic mass is 9.81. The molecule has 3 fully saturated rings. The number of fused-ring (bicyclic) bond motifs is 6. The molecule has 12 rings (SSSR count). The summed E-state index contributed by atoms with van der Waals surface area (Å²) in [6.45, 7) is 2.38. The van der Waals surface area contributed by atoms with Crippen molar-refractivity contribution in [1.82, 2.24) is 29.9 Å². The maximum Gasteiger partial charge on any atom is 0.534 e. The number of benzene rings is 3. The molecule has 406 valence electrons. The SMILES string of the molecule is NCl.Nc1ncc(Cl)c(Cl)n1.Nc1ncc(Cl)c(N2CC3(CCCC3)c3ccc(O)cc32)n1.Nc1ncc(Cl)c(N2CC3(CCCC3)c3ccc(OS(=O)(=O)C(F)(F)F)cc32)n1.Oc1ccc2c(c1)NCC21CCCC1. The van der Waals surface area contributed by atoms with Crippen molar-refractivity contribution in [2.75, 3.05) is 52.0 Å². The standard InChI is InChI=1S/C17H16ClF3N4O3S.C16H17ClN4O.C12H15NO.C4H3Cl2N3.ClH2N/c18-12-8-23-15(22)24-14(12)25-9-16(5-1-2-6-16)11-4-3-10(7-13(11)25)28-29(26,27)17(19,20)21;17-12-8-19-15(18)20-14(12)21-9-16(5-1-2-6-16)11-4-3-10(22)7-13(11)21;14-9-3-4-10-11(7-9)13-8-12(10)5-1-2-6-12;5-2-1-8-4(7)9-3(2)6;1-2/h3-4,7-8H,1-2,5-6,9H2,(H2,22,23,24);3-4,7-8,22H,1-2,5-6,9H2,(H2,18,19,20);3-4,7,13-14H,1-2,5-6,8H2;1H,(H2,7,8,9);2H2. The number of anilines is 8. The van der Waals surface area contributed by atoms with E-state index in [0.717, 1.165) is 68.6 Å². The van der Waals surface area contributed by atoms with Crippen LogP contribution in [-0.4, -0.2) is 73.7 Å². The van der Waals surface area contributed by atoms with Crippen molar-refractivity contribution >= 4 is 115 Å². The summed E-state index contributed by atoms with van der Waals surface area (Å²) >= 11 is 27.6. The molecule has 18 nitrogen and oxygen atoms in total. The van der Waals surface area contributed by atoms with Crippen molar-refractivity contribution in [3.05, 3.63) is 110 Å². The summed E-state index contributed by atoms with van der Waals surface area (Å²) in [6.07, 6.45) is 18.1. The van der Waals surface area contributed by atoms with Crippen LogP contribution in [0.1, 0.15) is 93.7 Å². The molecule has 3 aliphatic heterocycles. The van der Waals surface area contributed by atoms with Crippen LogP contribution in [0.4, 0.5) is 59.7 Å². The van der Waals surface area contributed by atoms with Crippen molar-refractivity contribution in [2.45, 2.75) is 98.8 Å². The van der Waals surface area contributed by atoms with E-state index in [1.165, 1.54) is 80.4 Å². The molecule has 6 aliphatic rings. The Morgan fingerprint density at radius 2 is 1.01 bits per heavy atom. The molecule has 0 bridgehead atoms. The van der Waals surface area contributed by atoms with E-state index in [-0.39, 0.29) is 44.6 Å². The van der Waals surface area contributed by atoms with Crippen LogP contribution in [0.5, 0.6) is 17.2 Å². The first-order valence-corrected chi connectivity index (χ1v) is 27.3. The number of rotatable bonds is 4. The van der Waals surface area contributed by atoms with Crippen molar-refractivity contribution in [3.8, 4) is 17.2 Å². The Kier molecular flexibility index (Phi) is 16.8. The van der Waals surface area contributed by atoms with E-state index in [0.29, 0.717) is 45.1 Å². The van der Waals surface area contributed by atoms with E-state index in [4.69, 9.17) is 63.6 Å². The van der Waals surface area contributed by atoms with Gasteiger partial charge in [0.15, 0.2) is 16.8 Å². The maximum absolute atomic E-state index is 12.7. The summed E-state index contributed by atoms with van der Waals surface area (Å²) in [6, 6.07) is 15.5. The van der Waals surface area contributed by atoms with Crippen LogP contribution in [0.2, 0.25) is 20.2 Å². The zero-order valence-corrected chi connectivity index (χ0v) is 45.1. The van der Waals surface area contributed by atoms with Gasteiger partial charge in [-0.1, -0.05) is 103 Å². The summed E-state index contributed by atoms with van der Waals surface area (Å²) < 4.78 is 65.2. The quantitative estimate of drug-likeness (QED) is 0.0374. The molecule has 3 aromatic heterocycles. The molecule has 0 saturated heterocycles. The first kappa shape index (κ1) is 56.5. The molecule has 27 heteroatoms. The second-order valence-corrected chi connectivity index (χ2v) is 22.4. The molecule has 0 atom stereocenters. The van der Waals surface area contributed by atoms with Gasteiger partial charge >= 0.3 is 15.6 Å². The van der Waals surface area contributed by atoms with Gasteiger partial charge in [0.2, 0.25) is 17.8 Å². The minimum atomic E-state index is -5.78. The predicted octanol–water partition coefficient (Wildman–Crippen LogP) is 11.4. The van der Waals surface area contributed by atoms with Crippen LogP contribution in [0.3, 0.4) is 0 Å². The summed E-state index contributed by atoms with van der Waals surface area (Å²) in [5.41, 5.74) is 17.5. The molecular weight excluding hydrogens is 1120 g/mol. The predicted molar refractivity (Wildman–Crippen MR) is 291 cm³/mol. The molecule has 11 N–H and O–H groups in total. The fourth-order valence-corrected chi connectivity index (χ4v) is 12.4. The fourth-order valence-electron chi connectivity index (χ4n) is 11.4. The van der Waals surface area contributed by atoms with Crippen LogP contribution < -0.4 is 41.8 Å². The summed E-state index contributed by atoms with van der Waals surface area (Å²) in [5, 5.41) is 27.9. The van der Waals surface area contributed by atoms with Gasteiger partial charge in [-0.3, -0.25) is 0 Å². The summed E-state index contributed by atoms with van der Waals surface area (Å²) in [5.74, 6) is 1.41. The minimum Gasteiger partial charge on any atom is -0.508 e. The Morgan fingerprint density at radius 1 is 0.592 bits per heavy atom. The van der Waals surface area contributed by atoms with Crippen LogP contribution in [0.25, 0.3) is 0 Å². The van der Waals surface area contributed by atoms with E-state index in [1.807, 2.05) is 18.2 Å². The molecule has 6 aromatic rings. The smallest absolute Gasteiger partial charge is 0.508 e. The van der Waals surface area contributed by atoms with Gasteiger partial charge in [-0.2, -0.15) is 36.5 Å². The Labute approximate surface area is 461 Å². The second-order valence-electron chi connectivity index (χ2n) is 19.2. The average molecular weight is 1170 g/mol. The number of nitrogen functional groups attached to an aromatic ring is 3.